The van der Waals surface area contributed by atoms with Crippen molar-refractivity contribution in [1.82, 2.24) is 4.72 Å². The van der Waals surface area contributed by atoms with Gasteiger partial charge in [0.2, 0.25) is 15.9 Å². The molecule has 0 aliphatic carbocycles. The average Bonchev–Trinajstić information content (AvgIpc) is 2.37. The highest BCUT2D eigenvalue weighted by molar-refractivity contribution is 7.89. The largest absolute Gasteiger partial charge is 0.468 e. The minimum atomic E-state index is -3.86. The minimum Gasteiger partial charge on any atom is -0.468 e. The molecule has 1 amide bonds. The van der Waals surface area contributed by atoms with E-state index in [2.05, 4.69) is 9.46 Å². The number of carbonyl (C=O) groups is 2. The lowest BCUT2D eigenvalue weighted by Crippen LogP contribution is -2.39. The molecule has 1 aromatic rings. The second-order valence-corrected chi connectivity index (χ2v) is 5.47. The highest BCUT2D eigenvalue weighted by Crippen LogP contribution is 2.11. The van der Waals surface area contributed by atoms with Gasteiger partial charge in [-0.3, -0.25) is 9.59 Å². The lowest BCUT2D eigenvalue weighted by atomic mass is 10.2. The summed E-state index contributed by atoms with van der Waals surface area (Å²) in [6, 6.07) is 4.03. The highest BCUT2D eigenvalue weighted by atomic mass is 32.2. The SMILES string of the molecule is COC(=O)C(C)NS(=O)(=O)c1ccc(C(N)=O)cc1. The molecule has 1 atom stereocenters. The zero-order valence-corrected chi connectivity index (χ0v) is 11.2. The Balaban J connectivity index is 2.94. The fourth-order valence-electron chi connectivity index (χ4n) is 1.32. The summed E-state index contributed by atoms with van der Waals surface area (Å²) in [6.07, 6.45) is 0. The molecule has 3 N–H and O–H groups in total. The number of rotatable bonds is 5. The lowest BCUT2D eigenvalue weighted by Gasteiger charge is -2.12. The first kappa shape index (κ1) is 15.1. The van der Waals surface area contributed by atoms with Crippen LogP contribution in [0.2, 0.25) is 0 Å². The lowest BCUT2D eigenvalue weighted by molar-refractivity contribution is -0.142. The maximum Gasteiger partial charge on any atom is 0.323 e. The Hall–Kier alpha value is -1.93. The maximum absolute atomic E-state index is 11.9. The molecule has 0 aliphatic rings. The molecule has 104 valence electrons. The van der Waals surface area contributed by atoms with Crippen molar-refractivity contribution in [3.63, 3.8) is 0 Å². The number of methoxy groups -OCH3 is 1. The van der Waals surface area contributed by atoms with Crippen LogP contribution in [0.4, 0.5) is 0 Å². The van der Waals surface area contributed by atoms with Crippen molar-refractivity contribution in [3.05, 3.63) is 29.8 Å². The van der Waals surface area contributed by atoms with E-state index in [1.807, 2.05) is 0 Å². The molecular weight excluding hydrogens is 272 g/mol. The first-order valence-corrected chi connectivity index (χ1v) is 6.76. The molecule has 1 unspecified atom stereocenters. The van der Waals surface area contributed by atoms with Gasteiger partial charge in [0.25, 0.3) is 0 Å². The van der Waals surface area contributed by atoms with Crippen molar-refractivity contribution in [1.29, 1.82) is 0 Å². The van der Waals surface area contributed by atoms with E-state index in [-0.39, 0.29) is 10.5 Å². The van der Waals surface area contributed by atoms with E-state index < -0.39 is 27.9 Å². The predicted octanol–water partition coefficient (Wildman–Crippen LogP) is -0.375. The van der Waals surface area contributed by atoms with Crippen LogP contribution in [0, 0.1) is 0 Å². The number of carbonyl (C=O) groups excluding carboxylic acids is 2. The molecule has 0 heterocycles. The molecule has 0 radical (unpaired) electrons. The third-order valence-electron chi connectivity index (χ3n) is 2.34. The summed E-state index contributed by atoms with van der Waals surface area (Å²) in [6.45, 7) is 1.36. The third kappa shape index (κ3) is 3.76. The van der Waals surface area contributed by atoms with Crippen molar-refractivity contribution in [3.8, 4) is 0 Å². The quantitative estimate of drug-likeness (QED) is 0.716. The molecule has 8 heteroatoms. The van der Waals surface area contributed by atoms with E-state index in [0.717, 1.165) is 7.11 Å². The standard InChI is InChI=1S/C11H14N2O5S/c1-7(11(15)18-2)13-19(16,17)9-5-3-8(4-6-9)10(12)14/h3-7,13H,1-2H3,(H2,12,14). The second-order valence-electron chi connectivity index (χ2n) is 3.75. The zero-order valence-electron chi connectivity index (χ0n) is 10.4. The van der Waals surface area contributed by atoms with Crippen LogP contribution in [0.25, 0.3) is 0 Å². The minimum absolute atomic E-state index is 0.0757. The third-order valence-corrected chi connectivity index (χ3v) is 3.89. The van der Waals surface area contributed by atoms with Crippen LogP contribution in [-0.2, 0) is 19.6 Å². The molecule has 0 aliphatic heterocycles. The van der Waals surface area contributed by atoms with Crippen LogP contribution in [0.5, 0.6) is 0 Å². The number of hydrogen-bond donors (Lipinski definition) is 2. The van der Waals surface area contributed by atoms with E-state index in [1.54, 1.807) is 0 Å². The Bertz CT molecular complexity index is 580. The first-order valence-electron chi connectivity index (χ1n) is 5.28. The molecule has 1 rings (SSSR count). The summed E-state index contributed by atoms with van der Waals surface area (Å²) in [5, 5.41) is 0. The van der Waals surface area contributed by atoms with E-state index in [1.165, 1.54) is 31.2 Å². The van der Waals surface area contributed by atoms with Gasteiger partial charge in [-0.15, -0.1) is 0 Å². The first-order chi connectivity index (χ1) is 8.77. The molecule has 19 heavy (non-hydrogen) atoms. The number of nitrogens with one attached hydrogen (secondary N) is 1. The van der Waals surface area contributed by atoms with Crippen LogP contribution in [0.3, 0.4) is 0 Å². The molecule has 0 aromatic heterocycles. The van der Waals surface area contributed by atoms with Gasteiger partial charge < -0.3 is 10.5 Å². The molecule has 1 aromatic carbocycles. The van der Waals surface area contributed by atoms with Gasteiger partial charge in [-0.05, 0) is 31.2 Å². The summed E-state index contributed by atoms with van der Waals surface area (Å²) in [7, 11) is -2.70. The van der Waals surface area contributed by atoms with Gasteiger partial charge in [0.1, 0.15) is 6.04 Å². The number of ether oxygens (including phenoxy) is 1. The second kappa shape index (κ2) is 5.81. The van der Waals surface area contributed by atoms with Gasteiger partial charge in [0.15, 0.2) is 0 Å². The molecule has 0 saturated heterocycles. The van der Waals surface area contributed by atoms with Gasteiger partial charge in [0, 0.05) is 5.56 Å². The summed E-state index contributed by atoms with van der Waals surface area (Å²) in [5.41, 5.74) is 5.24. The number of sulfonamides is 1. The van der Waals surface area contributed by atoms with Crippen LogP contribution >= 0.6 is 0 Å². The number of primary amides is 1. The van der Waals surface area contributed by atoms with Crippen LogP contribution in [0.1, 0.15) is 17.3 Å². The van der Waals surface area contributed by atoms with Gasteiger partial charge in [-0.2, -0.15) is 4.72 Å². The van der Waals surface area contributed by atoms with Crippen LogP contribution in [0.15, 0.2) is 29.2 Å². The van der Waals surface area contributed by atoms with Gasteiger partial charge in [-0.25, -0.2) is 8.42 Å². The monoisotopic (exact) mass is 286 g/mol. The highest BCUT2D eigenvalue weighted by Gasteiger charge is 2.22. The van der Waals surface area contributed by atoms with Gasteiger partial charge in [0.05, 0.1) is 12.0 Å². The average molecular weight is 286 g/mol. The number of esters is 1. The normalized spacial score (nSPS) is 12.7. The van der Waals surface area contributed by atoms with Crippen LogP contribution < -0.4 is 10.5 Å². The van der Waals surface area contributed by atoms with Crippen LogP contribution in [-0.4, -0.2) is 33.4 Å². The van der Waals surface area contributed by atoms with E-state index in [0.29, 0.717) is 0 Å². The zero-order chi connectivity index (χ0) is 14.6. The maximum atomic E-state index is 11.9. The molecule has 0 saturated carbocycles. The summed E-state index contributed by atoms with van der Waals surface area (Å²) >= 11 is 0. The van der Waals surface area contributed by atoms with E-state index in [9.17, 15) is 18.0 Å². The predicted molar refractivity (Wildman–Crippen MR) is 66.8 cm³/mol. The summed E-state index contributed by atoms with van der Waals surface area (Å²) in [4.78, 5) is 21.9. The van der Waals surface area contributed by atoms with Crippen molar-refractivity contribution in [2.45, 2.75) is 17.9 Å². The number of amides is 1. The molecule has 0 spiro atoms. The molecule has 7 nitrogen and oxygen atoms in total. The van der Waals surface area contributed by atoms with E-state index in [4.69, 9.17) is 5.73 Å². The number of benzene rings is 1. The Kier molecular flexibility index (Phi) is 4.62. The summed E-state index contributed by atoms with van der Waals surface area (Å²) in [5.74, 6) is -1.35. The van der Waals surface area contributed by atoms with Crippen molar-refractivity contribution >= 4 is 21.9 Å². The van der Waals surface area contributed by atoms with Crippen molar-refractivity contribution < 1.29 is 22.7 Å². The molecule has 0 bridgehead atoms. The Labute approximate surface area is 110 Å². The number of nitrogens with two attached hydrogens (primary N) is 1. The van der Waals surface area contributed by atoms with Gasteiger partial charge in [-0.1, -0.05) is 0 Å². The molecule has 0 fully saturated rings. The summed E-state index contributed by atoms with van der Waals surface area (Å²) < 4.78 is 30.4. The smallest absolute Gasteiger partial charge is 0.323 e. The van der Waals surface area contributed by atoms with E-state index >= 15 is 0 Å². The molecular formula is C11H14N2O5S. The topological polar surface area (TPSA) is 116 Å². The fourth-order valence-corrected chi connectivity index (χ4v) is 2.52. The Morgan fingerprint density at radius 2 is 1.79 bits per heavy atom. The Morgan fingerprint density at radius 1 is 1.26 bits per heavy atom. The van der Waals surface area contributed by atoms with Gasteiger partial charge >= 0.3 is 5.97 Å². The number of hydrogen-bond acceptors (Lipinski definition) is 5. The van der Waals surface area contributed by atoms with Crippen molar-refractivity contribution in [2.24, 2.45) is 5.73 Å². The van der Waals surface area contributed by atoms with Crippen molar-refractivity contribution in [2.75, 3.05) is 7.11 Å². The fraction of sp³-hybridized carbons (Fsp3) is 0.273. The Morgan fingerprint density at radius 3 is 2.21 bits per heavy atom.